The Labute approximate surface area is 140 Å². The molecule has 122 valence electrons. The van der Waals surface area contributed by atoms with E-state index in [9.17, 15) is 4.79 Å². The van der Waals surface area contributed by atoms with Crippen LogP contribution in [0.15, 0.2) is 24.3 Å². The fourth-order valence-corrected chi connectivity index (χ4v) is 3.61. The van der Waals surface area contributed by atoms with Crippen LogP contribution >= 0.6 is 11.8 Å². The Hall–Kier alpha value is -1.95. The van der Waals surface area contributed by atoms with Crippen LogP contribution in [0.1, 0.15) is 42.4 Å². The standard InChI is InChI=1S/C17H21N3O2S/c1-17(2,3)20-15(13-9-23-10-14(13)19-20)18-16(21)11-6-5-7-12(8-11)22-4/h5-8H,9-10H2,1-4H3,(H,18,21). The average molecular weight is 331 g/mol. The van der Waals surface area contributed by atoms with Crippen LogP contribution < -0.4 is 10.1 Å². The van der Waals surface area contributed by atoms with Crippen molar-refractivity contribution in [2.24, 2.45) is 0 Å². The molecule has 0 radical (unpaired) electrons. The Kier molecular flexibility index (Phi) is 4.10. The maximum atomic E-state index is 12.6. The zero-order chi connectivity index (χ0) is 16.6. The molecule has 3 rings (SSSR count). The summed E-state index contributed by atoms with van der Waals surface area (Å²) in [5.41, 5.74) is 2.60. The maximum Gasteiger partial charge on any atom is 0.256 e. The van der Waals surface area contributed by atoms with Crippen LogP contribution in [0.4, 0.5) is 5.82 Å². The summed E-state index contributed by atoms with van der Waals surface area (Å²) in [6, 6.07) is 7.16. The highest BCUT2D eigenvalue weighted by Crippen LogP contribution is 2.37. The number of carbonyl (C=O) groups excluding carboxylic acids is 1. The number of fused-ring (bicyclic) bond motifs is 1. The molecule has 0 saturated heterocycles. The van der Waals surface area contributed by atoms with E-state index in [1.807, 2.05) is 28.6 Å². The molecule has 5 nitrogen and oxygen atoms in total. The largest absolute Gasteiger partial charge is 0.497 e. The van der Waals surface area contributed by atoms with Crippen molar-refractivity contribution in [2.45, 2.75) is 37.8 Å². The maximum absolute atomic E-state index is 12.6. The molecule has 0 unspecified atom stereocenters. The van der Waals surface area contributed by atoms with E-state index in [1.165, 1.54) is 0 Å². The number of amides is 1. The molecule has 2 aromatic rings. The number of thioether (sulfide) groups is 1. The molecule has 0 atom stereocenters. The van der Waals surface area contributed by atoms with Gasteiger partial charge in [0.1, 0.15) is 11.6 Å². The summed E-state index contributed by atoms with van der Waals surface area (Å²) in [6.45, 7) is 6.26. The second kappa shape index (κ2) is 5.92. The summed E-state index contributed by atoms with van der Waals surface area (Å²) in [6.07, 6.45) is 0. The molecule has 0 fully saturated rings. The van der Waals surface area contributed by atoms with Crippen LogP contribution in [0.5, 0.6) is 5.75 Å². The van der Waals surface area contributed by atoms with E-state index in [0.717, 1.165) is 28.6 Å². The summed E-state index contributed by atoms with van der Waals surface area (Å²) in [5, 5.41) is 7.76. The van der Waals surface area contributed by atoms with Crippen molar-refractivity contribution in [3.05, 3.63) is 41.1 Å². The minimum absolute atomic E-state index is 0.144. The normalized spacial score (nSPS) is 13.7. The number of rotatable bonds is 3. The van der Waals surface area contributed by atoms with Gasteiger partial charge in [0, 0.05) is 22.6 Å². The van der Waals surface area contributed by atoms with Gasteiger partial charge in [-0.2, -0.15) is 16.9 Å². The van der Waals surface area contributed by atoms with Crippen LogP contribution in [-0.4, -0.2) is 22.8 Å². The van der Waals surface area contributed by atoms with E-state index in [4.69, 9.17) is 9.84 Å². The van der Waals surface area contributed by atoms with Crippen LogP contribution in [0, 0.1) is 0 Å². The zero-order valence-corrected chi connectivity index (χ0v) is 14.7. The molecule has 23 heavy (non-hydrogen) atoms. The minimum atomic E-state index is -0.188. The Balaban J connectivity index is 1.94. The molecule has 0 spiro atoms. The van der Waals surface area contributed by atoms with Gasteiger partial charge in [0.05, 0.1) is 18.3 Å². The van der Waals surface area contributed by atoms with Gasteiger partial charge in [-0.15, -0.1) is 0 Å². The topological polar surface area (TPSA) is 56.1 Å². The highest BCUT2D eigenvalue weighted by Gasteiger charge is 2.29. The molecule has 1 aromatic heterocycles. The molecular formula is C17H21N3O2S. The van der Waals surface area contributed by atoms with Crippen LogP contribution in [-0.2, 0) is 17.0 Å². The van der Waals surface area contributed by atoms with Gasteiger partial charge in [-0.05, 0) is 39.0 Å². The number of carbonyl (C=O) groups is 1. The summed E-state index contributed by atoms with van der Waals surface area (Å²) >= 11 is 1.82. The second-order valence-electron chi connectivity index (χ2n) is 6.54. The van der Waals surface area contributed by atoms with Gasteiger partial charge < -0.3 is 10.1 Å². The van der Waals surface area contributed by atoms with E-state index in [2.05, 4.69) is 26.1 Å². The first-order valence-corrected chi connectivity index (χ1v) is 8.70. The molecule has 1 amide bonds. The number of anilines is 1. The quantitative estimate of drug-likeness (QED) is 0.933. The van der Waals surface area contributed by atoms with E-state index in [-0.39, 0.29) is 11.4 Å². The lowest BCUT2D eigenvalue weighted by Crippen LogP contribution is -2.27. The van der Waals surface area contributed by atoms with Gasteiger partial charge in [0.25, 0.3) is 5.91 Å². The number of hydrogen-bond acceptors (Lipinski definition) is 4. The van der Waals surface area contributed by atoms with Crippen molar-refractivity contribution in [3.8, 4) is 5.75 Å². The van der Waals surface area contributed by atoms with Crippen molar-refractivity contribution in [1.29, 1.82) is 0 Å². The average Bonchev–Trinajstić information content (AvgIpc) is 3.09. The minimum Gasteiger partial charge on any atom is -0.497 e. The Morgan fingerprint density at radius 3 is 2.83 bits per heavy atom. The third-order valence-electron chi connectivity index (χ3n) is 3.75. The lowest BCUT2D eigenvalue weighted by atomic mass is 10.1. The molecule has 1 aromatic carbocycles. The van der Waals surface area contributed by atoms with Gasteiger partial charge >= 0.3 is 0 Å². The first kappa shape index (κ1) is 15.9. The third kappa shape index (κ3) is 3.08. The van der Waals surface area contributed by atoms with Gasteiger partial charge in [0.15, 0.2) is 0 Å². The first-order chi connectivity index (χ1) is 10.9. The predicted octanol–water partition coefficient (Wildman–Crippen LogP) is 3.65. The first-order valence-electron chi connectivity index (χ1n) is 7.54. The van der Waals surface area contributed by atoms with Crippen molar-refractivity contribution < 1.29 is 9.53 Å². The lowest BCUT2D eigenvalue weighted by molar-refractivity contribution is 0.102. The number of benzene rings is 1. The van der Waals surface area contributed by atoms with Crippen molar-refractivity contribution in [2.75, 3.05) is 12.4 Å². The predicted molar refractivity (Wildman–Crippen MR) is 93.2 cm³/mol. The summed E-state index contributed by atoms with van der Waals surface area (Å²) in [5.74, 6) is 3.13. The summed E-state index contributed by atoms with van der Waals surface area (Å²) < 4.78 is 7.12. The van der Waals surface area contributed by atoms with Crippen molar-refractivity contribution >= 4 is 23.5 Å². The Bertz CT molecular complexity index is 747. The number of nitrogens with zero attached hydrogens (tertiary/aromatic N) is 2. The van der Waals surface area contributed by atoms with Gasteiger partial charge in [0.2, 0.25) is 0 Å². The number of nitrogens with one attached hydrogen (secondary N) is 1. The number of aromatic nitrogens is 2. The highest BCUT2D eigenvalue weighted by atomic mass is 32.2. The Morgan fingerprint density at radius 2 is 2.13 bits per heavy atom. The Morgan fingerprint density at radius 1 is 1.35 bits per heavy atom. The van der Waals surface area contributed by atoms with E-state index in [1.54, 1.807) is 19.2 Å². The molecule has 1 aliphatic rings. The fraction of sp³-hybridized carbons (Fsp3) is 0.412. The monoisotopic (exact) mass is 331 g/mol. The smallest absolute Gasteiger partial charge is 0.256 e. The fourth-order valence-electron chi connectivity index (χ4n) is 2.57. The van der Waals surface area contributed by atoms with Gasteiger partial charge in [-0.25, -0.2) is 4.68 Å². The van der Waals surface area contributed by atoms with Crippen molar-refractivity contribution in [3.63, 3.8) is 0 Å². The molecule has 1 aliphatic heterocycles. The van der Waals surface area contributed by atoms with E-state index in [0.29, 0.717) is 11.3 Å². The third-order valence-corrected chi connectivity index (χ3v) is 4.72. The van der Waals surface area contributed by atoms with Crippen LogP contribution in [0.2, 0.25) is 0 Å². The highest BCUT2D eigenvalue weighted by molar-refractivity contribution is 7.98. The number of hydrogen-bond donors (Lipinski definition) is 1. The zero-order valence-electron chi connectivity index (χ0n) is 13.8. The molecule has 0 bridgehead atoms. The molecule has 1 N–H and O–H groups in total. The van der Waals surface area contributed by atoms with Crippen molar-refractivity contribution in [1.82, 2.24) is 9.78 Å². The number of ether oxygens (including phenoxy) is 1. The van der Waals surface area contributed by atoms with E-state index >= 15 is 0 Å². The van der Waals surface area contributed by atoms with Gasteiger partial charge in [-0.1, -0.05) is 6.07 Å². The van der Waals surface area contributed by atoms with Gasteiger partial charge in [-0.3, -0.25) is 4.79 Å². The molecule has 0 aliphatic carbocycles. The molecule has 0 saturated carbocycles. The summed E-state index contributed by atoms with van der Waals surface area (Å²) in [4.78, 5) is 12.6. The number of methoxy groups -OCH3 is 1. The van der Waals surface area contributed by atoms with Crippen LogP contribution in [0.3, 0.4) is 0 Å². The summed E-state index contributed by atoms with van der Waals surface area (Å²) in [7, 11) is 1.59. The van der Waals surface area contributed by atoms with Crippen LogP contribution in [0.25, 0.3) is 0 Å². The second-order valence-corrected chi connectivity index (χ2v) is 7.52. The SMILES string of the molecule is COc1cccc(C(=O)Nc2c3c(nn2C(C)(C)C)CSC3)c1. The van der Waals surface area contributed by atoms with E-state index < -0.39 is 0 Å². The molecule has 6 heteroatoms. The molecular weight excluding hydrogens is 310 g/mol. The molecule has 2 heterocycles. The lowest BCUT2D eigenvalue weighted by Gasteiger charge is -2.23.